The first-order valence-electron chi connectivity index (χ1n) is 5.35. The predicted octanol–water partition coefficient (Wildman–Crippen LogP) is -2.06. The number of halogens is 1. The SMILES string of the molecule is C1CC([I-]C2CCC3OC32)C2OC12. The second-order valence-electron chi connectivity index (χ2n) is 4.59. The molecular formula is C10H14IO2-. The van der Waals surface area contributed by atoms with Gasteiger partial charge >= 0.3 is 88.6 Å². The normalized spacial score (nSPS) is 62.2. The zero-order chi connectivity index (χ0) is 8.41. The Morgan fingerprint density at radius 3 is 1.62 bits per heavy atom. The fraction of sp³-hybridized carbons (Fsp3) is 1.00. The van der Waals surface area contributed by atoms with Crippen LogP contribution in [0.15, 0.2) is 0 Å². The first kappa shape index (κ1) is 7.88. The fourth-order valence-corrected chi connectivity index (χ4v) is 7.58. The molecule has 0 aromatic heterocycles. The minimum atomic E-state index is 0.371. The van der Waals surface area contributed by atoms with Crippen molar-refractivity contribution < 1.29 is 30.7 Å². The van der Waals surface area contributed by atoms with Gasteiger partial charge in [0.15, 0.2) is 0 Å². The van der Waals surface area contributed by atoms with E-state index in [1.165, 1.54) is 25.7 Å². The number of rotatable bonds is 2. The molecule has 0 spiro atoms. The van der Waals surface area contributed by atoms with Gasteiger partial charge in [0.25, 0.3) is 0 Å². The van der Waals surface area contributed by atoms with E-state index in [-0.39, 0.29) is 0 Å². The van der Waals surface area contributed by atoms with Crippen LogP contribution in [0.3, 0.4) is 0 Å². The number of ether oxygens (including phenoxy) is 2. The van der Waals surface area contributed by atoms with Crippen LogP contribution in [0.2, 0.25) is 0 Å². The summed E-state index contributed by atoms with van der Waals surface area (Å²) in [6.45, 7) is 0. The first-order chi connectivity index (χ1) is 6.42. The van der Waals surface area contributed by atoms with Crippen molar-refractivity contribution in [2.45, 2.75) is 57.9 Å². The van der Waals surface area contributed by atoms with Gasteiger partial charge in [0.1, 0.15) is 0 Å². The molecule has 6 atom stereocenters. The van der Waals surface area contributed by atoms with Crippen LogP contribution in [0.1, 0.15) is 25.7 Å². The van der Waals surface area contributed by atoms with Crippen LogP contribution in [-0.2, 0) is 9.47 Å². The Labute approximate surface area is 88.6 Å². The molecule has 2 heterocycles. The van der Waals surface area contributed by atoms with Gasteiger partial charge in [-0.15, -0.1) is 0 Å². The Balaban J connectivity index is 1.41. The molecule has 4 rings (SSSR count). The summed E-state index contributed by atoms with van der Waals surface area (Å²) in [5, 5.41) is 0. The van der Waals surface area contributed by atoms with E-state index in [0.29, 0.717) is 45.6 Å². The van der Waals surface area contributed by atoms with Gasteiger partial charge < -0.3 is 0 Å². The van der Waals surface area contributed by atoms with Crippen molar-refractivity contribution in [1.82, 2.24) is 0 Å². The van der Waals surface area contributed by atoms with Gasteiger partial charge in [-0.1, -0.05) is 0 Å². The molecule has 6 unspecified atom stereocenters. The van der Waals surface area contributed by atoms with Crippen LogP contribution < -0.4 is 21.2 Å². The molecule has 4 aliphatic rings. The Bertz CT molecular complexity index is 221. The number of hydrogen-bond acceptors (Lipinski definition) is 2. The van der Waals surface area contributed by atoms with Crippen molar-refractivity contribution in [3.05, 3.63) is 0 Å². The van der Waals surface area contributed by atoms with Crippen molar-refractivity contribution >= 4 is 0 Å². The topological polar surface area (TPSA) is 25.1 Å². The van der Waals surface area contributed by atoms with Crippen molar-refractivity contribution in [3.8, 4) is 0 Å². The predicted molar refractivity (Wildman–Crippen MR) is 43.4 cm³/mol. The Morgan fingerprint density at radius 1 is 0.769 bits per heavy atom. The van der Waals surface area contributed by atoms with Crippen molar-refractivity contribution in [2.24, 2.45) is 0 Å². The van der Waals surface area contributed by atoms with Gasteiger partial charge in [-0.2, -0.15) is 0 Å². The number of fused-ring (bicyclic) bond motifs is 2. The standard InChI is InChI=1S/C10H14IO2/c1-3-7-9(12-7)5(1)11-6-2-4-8-10(6)13-8/h5-10H,1-4H2/q-1. The quantitative estimate of drug-likeness (QED) is 0.332. The molecule has 4 fully saturated rings. The molecular weight excluding hydrogens is 279 g/mol. The van der Waals surface area contributed by atoms with E-state index in [0.717, 1.165) is 7.85 Å². The maximum absolute atomic E-state index is 5.61. The zero-order valence-electron chi connectivity index (χ0n) is 7.49. The number of alkyl halides is 2. The second-order valence-corrected chi connectivity index (χ2v) is 8.51. The average Bonchev–Trinajstić information content (AvgIpc) is 3.03. The Morgan fingerprint density at radius 2 is 1.31 bits per heavy atom. The summed E-state index contributed by atoms with van der Waals surface area (Å²) in [5.74, 6) is 0. The van der Waals surface area contributed by atoms with Crippen LogP contribution in [0.4, 0.5) is 0 Å². The maximum atomic E-state index is 5.61. The molecule has 3 heteroatoms. The molecule has 2 aliphatic carbocycles. The summed E-state index contributed by atoms with van der Waals surface area (Å²) in [4.78, 5) is 0. The Kier molecular flexibility index (Phi) is 1.58. The van der Waals surface area contributed by atoms with Crippen molar-refractivity contribution in [3.63, 3.8) is 0 Å². The van der Waals surface area contributed by atoms with Gasteiger partial charge in [-0.3, -0.25) is 0 Å². The van der Waals surface area contributed by atoms with Gasteiger partial charge in [0.2, 0.25) is 0 Å². The zero-order valence-corrected chi connectivity index (χ0v) is 9.64. The van der Waals surface area contributed by atoms with E-state index in [9.17, 15) is 0 Å². The molecule has 0 amide bonds. The van der Waals surface area contributed by atoms with E-state index < -0.39 is 0 Å². The van der Waals surface area contributed by atoms with Crippen LogP contribution >= 0.6 is 0 Å². The third-order valence-electron chi connectivity index (χ3n) is 3.73. The summed E-state index contributed by atoms with van der Waals surface area (Å²) >= 11 is 0.371. The molecule has 0 aromatic rings. The van der Waals surface area contributed by atoms with Crippen LogP contribution in [-0.4, -0.2) is 32.3 Å². The van der Waals surface area contributed by atoms with Crippen LogP contribution in [0.25, 0.3) is 0 Å². The van der Waals surface area contributed by atoms with E-state index in [2.05, 4.69) is 0 Å². The summed E-state index contributed by atoms with van der Waals surface area (Å²) < 4.78 is 13.2. The minimum absolute atomic E-state index is 0.371. The summed E-state index contributed by atoms with van der Waals surface area (Å²) in [6.07, 6.45) is 8.47. The molecule has 13 heavy (non-hydrogen) atoms. The third kappa shape index (κ3) is 1.20. The average molecular weight is 293 g/mol. The molecule has 0 radical (unpaired) electrons. The van der Waals surface area contributed by atoms with Gasteiger partial charge in [-0.05, 0) is 0 Å². The molecule has 2 nitrogen and oxygen atoms in total. The Hall–Kier alpha value is 0.650. The van der Waals surface area contributed by atoms with Crippen molar-refractivity contribution in [2.75, 3.05) is 0 Å². The second kappa shape index (κ2) is 2.61. The molecule has 0 aromatic carbocycles. The van der Waals surface area contributed by atoms with E-state index in [1.807, 2.05) is 0 Å². The van der Waals surface area contributed by atoms with Gasteiger partial charge in [-0.25, -0.2) is 0 Å². The summed E-state index contributed by atoms with van der Waals surface area (Å²) in [7, 11) is 0. The van der Waals surface area contributed by atoms with Gasteiger partial charge in [0, 0.05) is 0 Å². The van der Waals surface area contributed by atoms with Crippen LogP contribution in [0, 0.1) is 0 Å². The fourth-order valence-electron chi connectivity index (χ4n) is 2.87. The molecule has 74 valence electrons. The third-order valence-corrected chi connectivity index (χ3v) is 8.24. The van der Waals surface area contributed by atoms with Gasteiger partial charge in [0.05, 0.1) is 0 Å². The molecule has 0 bridgehead atoms. The van der Waals surface area contributed by atoms with E-state index in [1.54, 1.807) is 0 Å². The van der Waals surface area contributed by atoms with Crippen molar-refractivity contribution in [1.29, 1.82) is 0 Å². The van der Waals surface area contributed by atoms with E-state index >= 15 is 0 Å². The van der Waals surface area contributed by atoms with E-state index in [4.69, 9.17) is 9.47 Å². The van der Waals surface area contributed by atoms with Crippen LogP contribution in [0.5, 0.6) is 0 Å². The summed E-state index contributed by atoms with van der Waals surface area (Å²) in [5.41, 5.74) is 0. The monoisotopic (exact) mass is 293 g/mol. The number of epoxide rings is 2. The molecule has 2 saturated carbocycles. The molecule has 2 aliphatic heterocycles. The number of hydrogen-bond donors (Lipinski definition) is 0. The molecule has 0 N–H and O–H groups in total. The summed E-state index contributed by atoms with van der Waals surface area (Å²) in [6, 6.07) is 0. The molecule has 2 saturated heterocycles. The first-order valence-corrected chi connectivity index (χ1v) is 7.84.